The van der Waals surface area contributed by atoms with Crippen LogP contribution in [0.3, 0.4) is 0 Å². The highest BCUT2D eigenvalue weighted by molar-refractivity contribution is 6.30. The molecule has 2 rings (SSSR count). The second-order valence-electron chi connectivity index (χ2n) is 4.72. The predicted molar refractivity (Wildman–Crippen MR) is 77.8 cm³/mol. The minimum Gasteiger partial charge on any atom is -0.304 e. The maximum atomic E-state index is 13.2. The molecule has 1 nitrogen and oxygen atoms in total. The molecule has 0 radical (unpaired) electrons. The fraction of sp³-hybridized carbons (Fsp3) is 0.250. The molecule has 0 aliphatic carbocycles. The van der Waals surface area contributed by atoms with Gasteiger partial charge < -0.3 is 5.32 Å². The predicted octanol–water partition coefficient (Wildman–Crippen LogP) is 4.89. The van der Waals surface area contributed by atoms with Crippen molar-refractivity contribution in [3.05, 3.63) is 70.5 Å². The monoisotopic (exact) mass is 277 g/mol. The number of benzene rings is 2. The van der Waals surface area contributed by atoms with Gasteiger partial charge in [0.2, 0.25) is 0 Å². The lowest BCUT2D eigenvalue weighted by Gasteiger charge is -2.21. The van der Waals surface area contributed by atoms with E-state index >= 15 is 0 Å². The smallest absolute Gasteiger partial charge is 0.123 e. The Bertz CT molecular complexity index is 506. The van der Waals surface area contributed by atoms with E-state index in [0.29, 0.717) is 0 Å². The van der Waals surface area contributed by atoms with E-state index in [1.807, 2.05) is 37.3 Å². The highest BCUT2D eigenvalue weighted by Gasteiger charge is 2.11. The molecule has 0 amide bonds. The first-order valence-electron chi connectivity index (χ1n) is 6.33. The lowest BCUT2D eigenvalue weighted by Crippen LogP contribution is -2.22. The summed E-state index contributed by atoms with van der Waals surface area (Å²) >= 11 is 5.99. The normalized spacial score (nSPS) is 14.1. The first kappa shape index (κ1) is 14.0. The van der Waals surface area contributed by atoms with E-state index in [4.69, 9.17) is 11.6 Å². The number of nitrogens with one attached hydrogen (secondary N) is 1. The SMILES string of the molecule is CC(N[C@@H](C)c1cccc(Cl)c1)c1cccc(F)c1. The van der Waals surface area contributed by atoms with Gasteiger partial charge in [0.1, 0.15) is 5.82 Å². The lowest BCUT2D eigenvalue weighted by molar-refractivity contribution is 0.492. The minimum atomic E-state index is -0.207. The van der Waals surface area contributed by atoms with Gasteiger partial charge in [-0.25, -0.2) is 4.39 Å². The number of hydrogen-bond acceptors (Lipinski definition) is 1. The summed E-state index contributed by atoms with van der Waals surface area (Å²) in [7, 11) is 0. The van der Waals surface area contributed by atoms with Gasteiger partial charge in [-0.2, -0.15) is 0 Å². The van der Waals surface area contributed by atoms with Crippen LogP contribution < -0.4 is 5.32 Å². The Balaban J connectivity index is 2.08. The molecule has 100 valence electrons. The van der Waals surface area contributed by atoms with Crippen LogP contribution in [-0.4, -0.2) is 0 Å². The number of hydrogen-bond donors (Lipinski definition) is 1. The van der Waals surface area contributed by atoms with Crippen molar-refractivity contribution in [2.24, 2.45) is 0 Å². The molecule has 0 heterocycles. The molecule has 19 heavy (non-hydrogen) atoms. The van der Waals surface area contributed by atoms with Crippen LogP contribution in [0.25, 0.3) is 0 Å². The van der Waals surface area contributed by atoms with Crippen molar-refractivity contribution in [2.75, 3.05) is 0 Å². The van der Waals surface area contributed by atoms with Crippen LogP contribution in [0.5, 0.6) is 0 Å². The van der Waals surface area contributed by atoms with Crippen LogP contribution in [0.4, 0.5) is 4.39 Å². The van der Waals surface area contributed by atoms with Crippen LogP contribution in [0.2, 0.25) is 5.02 Å². The van der Waals surface area contributed by atoms with Crippen LogP contribution in [0.15, 0.2) is 48.5 Å². The molecule has 0 aromatic heterocycles. The Morgan fingerprint density at radius 2 is 1.53 bits per heavy atom. The maximum absolute atomic E-state index is 13.2. The van der Waals surface area contributed by atoms with Gasteiger partial charge >= 0.3 is 0 Å². The van der Waals surface area contributed by atoms with E-state index in [1.165, 1.54) is 6.07 Å². The third-order valence-corrected chi connectivity index (χ3v) is 3.43. The van der Waals surface area contributed by atoms with Gasteiger partial charge in [0.25, 0.3) is 0 Å². The quantitative estimate of drug-likeness (QED) is 0.839. The van der Waals surface area contributed by atoms with Crippen LogP contribution in [-0.2, 0) is 0 Å². The molecular weight excluding hydrogens is 261 g/mol. The van der Waals surface area contributed by atoms with Crippen LogP contribution in [0.1, 0.15) is 37.1 Å². The van der Waals surface area contributed by atoms with Gasteiger partial charge in [-0.1, -0.05) is 35.9 Å². The summed E-state index contributed by atoms with van der Waals surface area (Å²) in [5.41, 5.74) is 2.06. The summed E-state index contributed by atoms with van der Waals surface area (Å²) in [6, 6.07) is 14.6. The zero-order valence-corrected chi connectivity index (χ0v) is 11.8. The van der Waals surface area contributed by atoms with Crippen molar-refractivity contribution in [1.82, 2.24) is 5.32 Å². The highest BCUT2D eigenvalue weighted by Crippen LogP contribution is 2.21. The first-order chi connectivity index (χ1) is 9.06. The molecule has 2 atom stereocenters. The Labute approximate surface area is 118 Å². The van der Waals surface area contributed by atoms with Gasteiger partial charge in [-0.15, -0.1) is 0 Å². The van der Waals surface area contributed by atoms with Crippen molar-refractivity contribution in [1.29, 1.82) is 0 Å². The third-order valence-electron chi connectivity index (χ3n) is 3.20. The molecule has 2 aromatic rings. The summed E-state index contributed by atoms with van der Waals surface area (Å²) in [5, 5.41) is 4.17. The van der Waals surface area contributed by atoms with Gasteiger partial charge in [-0.05, 0) is 49.2 Å². The molecule has 0 saturated heterocycles. The lowest BCUT2D eigenvalue weighted by atomic mass is 10.0. The second-order valence-corrected chi connectivity index (χ2v) is 5.16. The van der Waals surface area contributed by atoms with E-state index in [1.54, 1.807) is 12.1 Å². The fourth-order valence-corrected chi connectivity index (χ4v) is 2.32. The minimum absolute atomic E-state index is 0.0738. The molecule has 3 heteroatoms. The number of halogens is 2. The Morgan fingerprint density at radius 3 is 2.11 bits per heavy atom. The average molecular weight is 278 g/mol. The van der Waals surface area contributed by atoms with Crippen molar-refractivity contribution in [3.8, 4) is 0 Å². The Hall–Kier alpha value is -1.38. The molecule has 2 aromatic carbocycles. The van der Waals surface area contributed by atoms with Crippen molar-refractivity contribution >= 4 is 11.6 Å². The molecule has 1 unspecified atom stereocenters. The third kappa shape index (κ3) is 3.79. The topological polar surface area (TPSA) is 12.0 Å². The zero-order chi connectivity index (χ0) is 13.8. The maximum Gasteiger partial charge on any atom is 0.123 e. The van der Waals surface area contributed by atoms with E-state index in [9.17, 15) is 4.39 Å². The largest absolute Gasteiger partial charge is 0.304 e. The van der Waals surface area contributed by atoms with E-state index in [0.717, 1.165) is 16.1 Å². The summed E-state index contributed by atoms with van der Waals surface area (Å²) < 4.78 is 13.2. The molecule has 0 bridgehead atoms. The first-order valence-corrected chi connectivity index (χ1v) is 6.71. The zero-order valence-electron chi connectivity index (χ0n) is 11.0. The van der Waals surface area contributed by atoms with Crippen LogP contribution in [0, 0.1) is 5.82 Å². The van der Waals surface area contributed by atoms with Gasteiger partial charge in [0.15, 0.2) is 0 Å². The molecule has 0 saturated carbocycles. The molecule has 0 aliphatic heterocycles. The van der Waals surface area contributed by atoms with Crippen LogP contribution >= 0.6 is 11.6 Å². The highest BCUT2D eigenvalue weighted by atomic mass is 35.5. The van der Waals surface area contributed by atoms with E-state index in [-0.39, 0.29) is 17.9 Å². The molecular formula is C16H17ClFN. The number of rotatable bonds is 4. The van der Waals surface area contributed by atoms with Crippen molar-refractivity contribution in [2.45, 2.75) is 25.9 Å². The van der Waals surface area contributed by atoms with Crippen molar-refractivity contribution < 1.29 is 4.39 Å². The summed E-state index contributed by atoms with van der Waals surface area (Å²) in [4.78, 5) is 0. The van der Waals surface area contributed by atoms with Crippen molar-refractivity contribution in [3.63, 3.8) is 0 Å². The van der Waals surface area contributed by atoms with E-state index in [2.05, 4.69) is 12.2 Å². The molecule has 1 N–H and O–H groups in total. The van der Waals surface area contributed by atoms with Gasteiger partial charge in [-0.3, -0.25) is 0 Å². The average Bonchev–Trinajstić information content (AvgIpc) is 2.38. The Kier molecular flexibility index (Phi) is 4.56. The molecule has 0 aliphatic rings. The van der Waals surface area contributed by atoms with Gasteiger partial charge in [0.05, 0.1) is 0 Å². The summed E-state index contributed by atoms with van der Waals surface area (Å²) in [6.45, 7) is 4.09. The molecule has 0 fully saturated rings. The summed E-state index contributed by atoms with van der Waals surface area (Å²) in [6.07, 6.45) is 0. The summed E-state index contributed by atoms with van der Waals surface area (Å²) in [5.74, 6) is -0.207. The second kappa shape index (κ2) is 6.18. The standard InChI is InChI=1S/C16H17ClFN/c1-11(13-5-3-7-15(17)9-13)19-12(2)14-6-4-8-16(18)10-14/h3-12,19H,1-2H3/t11-,12?/m0/s1. The fourth-order valence-electron chi connectivity index (χ4n) is 2.12. The van der Waals surface area contributed by atoms with Gasteiger partial charge in [0, 0.05) is 17.1 Å². The Morgan fingerprint density at radius 1 is 0.947 bits per heavy atom. The van der Waals surface area contributed by atoms with E-state index < -0.39 is 0 Å². The molecule has 0 spiro atoms.